The molecule has 2 fully saturated rings. The Kier molecular flexibility index (Phi) is 25.0. The number of nitrogens with one attached hydrogen (secondary N) is 2. The van der Waals surface area contributed by atoms with Gasteiger partial charge in [-0.3, -0.25) is 29.2 Å². The van der Waals surface area contributed by atoms with Crippen molar-refractivity contribution in [3.05, 3.63) is 72.1 Å². The number of alkyl halides is 6. The van der Waals surface area contributed by atoms with E-state index in [9.17, 15) is 35.9 Å². The molecule has 0 bridgehead atoms. The van der Waals surface area contributed by atoms with Crippen LogP contribution in [0, 0.1) is 13.8 Å². The maximum Gasteiger partial charge on any atom is 0.422 e. The van der Waals surface area contributed by atoms with Gasteiger partial charge in [0.05, 0.1) is 26.3 Å². The molecular formula is C52H65ClF6N10O10S2. The predicted octanol–water partition coefficient (Wildman–Crippen LogP) is 8.11. The van der Waals surface area contributed by atoms with Gasteiger partial charge >= 0.3 is 12.4 Å². The Bertz CT molecular complexity index is 2670. The summed E-state index contributed by atoms with van der Waals surface area (Å²) in [5.41, 5.74) is 3.91. The number of methoxy groups -OCH3 is 2. The minimum Gasteiger partial charge on any atom is -0.482 e. The van der Waals surface area contributed by atoms with Crippen molar-refractivity contribution in [2.45, 2.75) is 36.6 Å². The lowest BCUT2D eigenvalue weighted by molar-refractivity contribution is -0.154. The SMILES string of the molecule is COCCOc1nc(C)cc(OCC(F)(F)F)c1NC(=O)CN1CCN(CCSc2nc3ccccc3o2)CC1.COCCOc1nc(C)cc(OCC(F)(F)F)c1NC(=O)CN1CCN(CCSc2nc3ccccc3o2)CC1.Cl. The molecule has 4 aromatic heterocycles. The highest BCUT2D eigenvalue weighted by molar-refractivity contribution is 7.99. The zero-order valence-corrected chi connectivity index (χ0v) is 47.5. The number of anilines is 2. The van der Waals surface area contributed by atoms with E-state index in [4.69, 9.17) is 37.3 Å². The first-order chi connectivity index (χ1) is 38.4. The lowest BCUT2D eigenvalue weighted by Gasteiger charge is -2.34. The van der Waals surface area contributed by atoms with Gasteiger partial charge in [-0.15, -0.1) is 12.4 Å². The summed E-state index contributed by atoms with van der Waals surface area (Å²) in [7, 11) is 2.98. The summed E-state index contributed by atoms with van der Waals surface area (Å²) < 4.78 is 120. The van der Waals surface area contributed by atoms with Crippen LogP contribution >= 0.6 is 35.9 Å². The van der Waals surface area contributed by atoms with Crippen LogP contribution in [0.25, 0.3) is 22.2 Å². The number of para-hydroxylation sites is 4. The van der Waals surface area contributed by atoms with Gasteiger partial charge in [-0.1, -0.05) is 47.8 Å². The number of piperazine rings is 2. The van der Waals surface area contributed by atoms with Gasteiger partial charge in [0.2, 0.25) is 23.6 Å². The summed E-state index contributed by atoms with van der Waals surface area (Å²) in [6.45, 7) is 8.45. The van der Waals surface area contributed by atoms with Gasteiger partial charge in [0.1, 0.15) is 35.6 Å². The number of carbonyl (C=O) groups excluding carboxylic acids is 2. The van der Waals surface area contributed by atoms with Crippen LogP contribution in [0.15, 0.2) is 79.9 Å². The molecule has 81 heavy (non-hydrogen) atoms. The van der Waals surface area contributed by atoms with Gasteiger partial charge in [-0.25, -0.2) is 19.9 Å². The summed E-state index contributed by atoms with van der Waals surface area (Å²) in [4.78, 5) is 51.8. The Labute approximate surface area is 478 Å². The highest BCUT2D eigenvalue weighted by atomic mass is 35.5. The minimum atomic E-state index is -4.55. The fraction of sp³-hybridized carbons (Fsp3) is 0.500. The van der Waals surface area contributed by atoms with Crippen LogP contribution in [0.2, 0.25) is 0 Å². The Morgan fingerprint density at radius 3 is 1.28 bits per heavy atom. The highest BCUT2D eigenvalue weighted by Crippen LogP contribution is 2.37. The lowest BCUT2D eigenvalue weighted by atomic mass is 10.3. The molecule has 8 rings (SSSR count). The number of nitrogens with zero attached hydrogens (tertiary/aromatic N) is 8. The van der Waals surface area contributed by atoms with E-state index < -0.39 is 37.4 Å². The van der Waals surface area contributed by atoms with Crippen LogP contribution in [0.5, 0.6) is 23.3 Å². The number of oxazole rings is 2. The van der Waals surface area contributed by atoms with Crippen LogP contribution in [0.1, 0.15) is 11.4 Å². The molecule has 20 nitrogen and oxygen atoms in total. The Balaban J connectivity index is 0.000000258. The number of hydrogen-bond donors (Lipinski definition) is 2. The number of ether oxygens (including phenoxy) is 6. The number of thioether (sulfide) groups is 2. The molecule has 2 aliphatic rings. The number of carbonyl (C=O) groups is 2. The monoisotopic (exact) mass is 1200 g/mol. The molecule has 0 unspecified atom stereocenters. The maximum atomic E-state index is 12.9. The highest BCUT2D eigenvalue weighted by Gasteiger charge is 2.32. The van der Waals surface area contributed by atoms with Gasteiger partial charge in [-0.2, -0.15) is 26.3 Å². The van der Waals surface area contributed by atoms with E-state index in [2.05, 4.69) is 40.4 Å². The fourth-order valence-electron chi connectivity index (χ4n) is 8.12. The Morgan fingerprint density at radius 2 is 0.926 bits per heavy atom. The number of aryl methyl sites for hydroxylation is 2. The standard InChI is InChI=1S/2C26H32F3N5O5S.ClH/c2*1-18-15-21(38-17-26(27,28)29)23(24(30-18)37-13-12-36-2)32-22(35)16-34-9-7-33(8-10-34)11-14-40-25-31-19-5-3-4-6-20(19)39-25;/h2*3-6,15H,7-14,16-17H2,1-2H3,(H,32,35);1H. The summed E-state index contributed by atoms with van der Waals surface area (Å²) in [5.74, 6) is 0.463. The molecule has 29 heteroatoms. The average Bonchev–Trinajstić information content (AvgIpc) is 4.04. The van der Waals surface area contributed by atoms with Crippen molar-refractivity contribution >= 4 is 81.3 Å². The van der Waals surface area contributed by atoms with E-state index in [0.29, 0.717) is 48.0 Å². The van der Waals surface area contributed by atoms with Crippen molar-refractivity contribution in [1.82, 2.24) is 39.5 Å². The van der Waals surface area contributed by atoms with Crippen molar-refractivity contribution in [2.75, 3.05) is 155 Å². The summed E-state index contributed by atoms with van der Waals surface area (Å²) in [6, 6.07) is 18.0. The largest absolute Gasteiger partial charge is 0.482 e. The van der Waals surface area contributed by atoms with E-state index >= 15 is 0 Å². The molecule has 0 radical (unpaired) electrons. The van der Waals surface area contributed by atoms with Crippen molar-refractivity contribution in [3.63, 3.8) is 0 Å². The minimum absolute atomic E-state index is 0. The van der Waals surface area contributed by atoms with Crippen LogP contribution < -0.4 is 29.6 Å². The molecular weight excluding hydrogens is 1140 g/mol. The molecule has 2 saturated heterocycles. The number of fused-ring (bicyclic) bond motifs is 2. The van der Waals surface area contributed by atoms with E-state index in [1.54, 1.807) is 37.4 Å². The number of halogens is 7. The van der Waals surface area contributed by atoms with Crippen molar-refractivity contribution < 1.29 is 73.2 Å². The second-order valence-electron chi connectivity index (χ2n) is 18.3. The first-order valence-corrected chi connectivity index (χ1v) is 27.5. The predicted molar refractivity (Wildman–Crippen MR) is 296 cm³/mol. The van der Waals surface area contributed by atoms with Crippen molar-refractivity contribution in [3.8, 4) is 23.3 Å². The average molecular weight is 1200 g/mol. The lowest BCUT2D eigenvalue weighted by Crippen LogP contribution is -2.49. The fourth-order valence-corrected chi connectivity index (χ4v) is 9.79. The molecule has 2 aliphatic heterocycles. The summed E-state index contributed by atoms with van der Waals surface area (Å²) in [5, 5.41) is 6.60. The van der Waals surface area contributed by atoms with Gasteiger partial charge in [0, 0.05) is 115 Å². The smallest absolute Gasteiger partial charge is 0.422 e. The second kappa shape index (κ2) is 31.5. The van der Waals surface area contributed by atoms with Gasteiger partial charge in [0.15, 0.2) is 35.9 Å². The molecule has 2 aromatic carbocycles. The molecule has 6 heterocycles. The molecule has 0 atom stereocenters. The third kappa shape index (κ3) is 21.4. The Morgan fingerprint density at radius 1 is 0.556 bits per heavy atom. The van der Waals surface area contributed by atoms with E-state index in [1.807, 2.05) is 58.3 Å². The number of amides is 2. The zero-order chi connectivity index (χ0) is 57.1. The molecule has 0 spiro atoms. The van der Waals surface area contributed by atoms with Gasteiger partial charge in [0.25, 0.3) is 10.4 Å². The van der Waals surface area contributed by atoms with Crippen molar-refractivity contribution in [2.24, 2.45) is 0 Å². The quantitative estimate of drug-likeness (QED) is 0.0299. The van der Waals surface area contributed by atoms with Crippen LogP contribution in [0.4, 0.5) is 37.7 Å². The summed E-state index contributed by atoms with van der Waals surface area (Å²) >= 11 is 3.13. The van der Waals surface area contributed by atoms with Crippen LogP contribution in [0.3, 0.4) is 0 Å². The van der Waals surface area contributed by atoms with Crippen LogP contribution in [-0.2, 0) is 19.1 Å². The number of rotatable bonds is 26. The molecule has 0 saturated carbocycles. The molecule has 6 aromatic rings. The van der Waals surface area contributed by atoms with Crippen molar-refractivity contribution in [1.29, 1.82) is 0 Å². The number of pyridine rings is 2. The van der Waals surface area contributed by atoms with E-state index in [0.717, 1.165) is 73.0 Å². The molecule has 2 N–H and O–H groups in total. The molecule has 2 amide bonds. The second-order valence-corrected chi connectivity index (χ2v) is 20.4. The van der Waals surface area contributed by atoms with Gasteiger partial charge < -0.3 is 47.9 Å². The number of hydrogen-bond acceptors (Lipinski definition) is 20. The van der Waals surface area contributed by atoms with Crippen LogP contribution in [-0.4, -0.2) is 208 Å². The van der Waals surface area contributed by atoms with Gasteiger partial charge in [-0.05, 0) is 38.1 Å². The summed E-state index contributed by atoms with van der Waals surface area (Å²) in [6.07, 6.45) is -9.09. The third-order valence-electron chi connectivity index (χ3n) is 12.0. The molecule has 0 aliphatic carbocycles. The molecule has 444 valence electrons. The number of benzene rings is 2. The zero-order valence-electron chi connectivity index (χ0n) is 45.1. The first-order valence-electron chi connectivity index (χ1n) is 25.5. The Hall–Kier alpha value is -5.85. The normalized spacial score (nSPS) is 14.7. The maximum absolute atomic E-state index is 12.9. The number of aromatic nitrogens is 4. The third-order valence-corrected chi connectivity index (χ3v) is 13.6. The van der Waals surface area contributed by atoms with E-state index in [-0.39, 0.29) is 86.6 Å². The first kappa shape index (κ1) is 64.3. The van der Waals surface area contributed by atoms with E-state index in [1.165, 1.54) is 26.4 Å². The topological polar surface area (TPSA) is 204 Å².